The highest BCUT2D eigenvalue weighted by molar-refractivity contribution is 6.33. The number of para-hydroxylation sites is 1. The van der Waals surface area contributed by atoms with Gasteiger partial charge in [0, 0.05) is 6.54 Å². The van der Waals surface area contributed by atoms with Crippen molar-refractivity contribution >= 4 is 23.2 Å². The van der Waals surface area contributed by atoms with E-state index in [4.69, 9.17) is 11.6 Å². The van der Waals surface area contributed by atoms with Crippen LogP contribution in [0.15, 0.2) is 18.2 Å². The van der Waals surface area contributed by atoms with Crippen LogP contribution in [0.1, 0.15) is 30.6 Å². The van der Waals surface area contributed by atoms with Crippen molar-refractivity contribution in [1.82, 2.24) is 5.32 Å². The first-order valence-electron chi connectivity index (χ1n) is 5.72. The van der Waals surface area contributed by atoms with E-state index in [9.17, 15) is 20.0 Å². The summed E-state index contributed by atoms with van der Waals surface area (Å²) in [5.41, 5.74) is -1.61. The first kappa shape index (κ1) is 15.4. The van der Waals surface area contributed by atoms with Crippen LogP contribution in [-0.4, -0.2) is 28.1 Å². The number of carbonyl (C=O) groups excluding carboxylic acids is 1. The third-order valence-electron chi connectivity index (χ3n) is 2.81. The van der Waals surface area contributed by atoms with Crippen LogP contribution >= 0.6 is 11.6 Å². The first-order valence-corrected chi connectivity index (χ1v) is 6.10. The van der Waals surface area contributed by atoms with Crippen LogP contribution in [-0.2, 0) is 0 Å². The van der Waals surface area contributed by atoms with Gasteiger partial charge in [-0.25, -0.2) is 0 Å². The molecule has 7 heteroatoms. The number of hydrogen-bond acceptors (Lipinski definition) is 4. The summed E-state index contributed by atoms with van der Waals surface area (Å²) in [5, 5.41) is 23.0. The minimum Gasteiger partial charge on any atom is -0.388 e. The fourth-order valence-corrected chi connectivity index (χ4v) is 1.62. The van der Waals surface area contributed by atoms with E-state index in [0.717, 1.165) is 0 Å². The normalized spacial score (nSPS) is 13.7. The zero-order valence-electron chi connectivity index (χ0n) is 10.6. The Labute approximate surface area is 115 Å². The van der Waals surface area contributed by atoms with E-state index >= 15 is 0 Å². The smallest absolute Gasteiger partial charge is 0.300 e. The molecular weight excluding hydrogens is 272 g/mol. The van der Waals surface area contributed by atoms with E-state index in [2.05, 4.69) is 5.32 Å². The molecule has 1 atom stereocenters. The topological polar surface area (TPSA) is 92.5 Å². The molecule has 19 heavy (non-hydrogen) atoms. The predicted molar refractivity (Wildman–Crippen MR) is 71.4 cm³/mol. The molecule has 0 fully saturated rings. The summed E-state index contributed by atoms with van der Waals surface area (Å²) in [6, 6.07) is 4.13. The molecule has 1 rings (SSSR count). The molecule has 0 aliphatic carbocycles. The fourth-order valence-electron chi connectivity index (χ4n) is 1.38. The number of nitrogens with zero attached hydrogens (tertiary/aromatic N) is 1. The summed E-state index contributed by atoms with van der Waals surface area (Å²) < 4.78 is 0. The Morgan fingerprint density at radius 2 is 2.21 bits per heavy atom. The molecule has 1 amide bonds. The molecule has 0 heterocycles. The molecule has 1 aromatic carbocycles. The Morgan fingerprint density at radius 3 is 2.74 bits per heavy atom. The minimum atomic E-state index is -1.05. The maximum Gasteiger partial charge on any atom is 0.300 e. The van der Waals surface area contributed by atoms with Gasteiger partial charge in [-0.1, -0.05) is 24.6 Å². The quantitative estimate of drug-likeness (QED) is 0.640. The first-order chi connectivity index (χ1) is 8.78. The van der Waals surface area contributed by atoms with Crippen LogP contribution in [0.3, 0.4) is 0 Å². The van der Waals surface area contributed by atoms with Gasteiger partial charge in [-0.3, -0.25) is 14.9 Å². The van der Waals surface area contributed by atoms with Crippen molar-refractivity contribution in [2.24, 2.45) is 0 Å². The lowest BCUT2D eigenvalue weighted by atomic mass is 10.0. The van der Waals surface area contributed by atoms with Crippen LogP contribution in [0.2, 0.25) is 5.02 Å². The van der Waals surface area contributed by atoms with Gasteiger partial charge in [0.2, 0.25) is 0 Å². The Morgan fingerprint density at radius 1 is 1.58 bits per heavy atom. The molecule has 104 valence electrons. The van der Waals surface area contributed by atoms with Gasteiger partial charge >= 0.3 is 5.69 Å². The molecule has 0 bridgehead atoms. The highest BCUT2D eigenvalue weighted by Crippen LogP contribution is 2.28. The number of hydrogen-bond donors (Lipinski definition) is 2. The van der Waals surface area contributed by atoms with E-state index < -0.39 is 22.1 Å². The summed E-state index contributed by atoms with van der Waals surface area (Å²) in [7, 11) is 0. The van der Waals surface area contributed by atoms with Crippen LogP contribution in [0, 0.1) is 10.1 Å². The fraction of sp³-hybridized carbons (Fsp3) is 0.417. The van der Waals surface area contributed by atoms with Crippen LogP contribution in [0.25, 0.3) is 0 Å². The van der Waals surface area contributed by atoms with E-state index in [0.29, 0.717) is 6.42 Å². The Hall–Kier alpha value is -1.66. The van der Waals surface area contributed by atoms with Crippen molar-refractivity contribution in [3.8, 4) is 0 Å². The molecule has 2 N–H and O–H groups in total. The van der Waals surface area contributed by atoms with Crippen molar-refractivity contribution in [1.29, 1.82) is 0 Å². The second-order valence-corrected chi connectivity index (χ2v) is 4.83. The number of amides is 1. The van der Waals surface area contributed by atoms with Crippen LogP contribution in [0.5, 0.6) is 0 Å². The van der Waals surface area contributed by atoms with Crippen molar-refractivity contribution in [3.63, 3.8) is 0 Å². The lowest BCUT2D eigenvalue weighted by Crippen LogP contribution is -2.40. The summed E-state index contributed by atoms with van der Waals surface area (Å²) in [6.07, 6.45) is 0.449. The minimum absolute atomic E-state index is 0.00595. The molecule has 0 radical (unpaired) electrons. The molecule has 0 aliphatic heterocycles. The van der Waals surface area contributed by atoms with Crippen molar-refractivity contribution in [2.45, 2.75) is 25.9 Å². The Kier molecular flexibility index (Phi) is 4.85. The highest BCUT2D eigenvalue weighted by Gasteiger charge is 2.25. The van der Waals surface area contributed by atoms with Gasteiger partial charge in [0.15, 0.2) is 0 Å². The van der Waals surface area contributed by atoms with Crippen LogP contribution in [0.4, 0.5) is 5.69 Å². The monoisotopic (exact) mass is 286 g/mol. The van der Waals surface area contributed by atoms with Gasteiger partial charge in [-0.05, 0) is 25.5 Å². The summed E-state index contributed by atoms with van der Waals surface area (Å²) in [5.74, 6) is -0.636. The second kappa shape index (κ2) is 5.99. The number of nitro groups is 1. The third kappa shape index (κ3) is 3.90. The molecule has 0 saturated heterocycles. The van der Waals surface area contributed by atoms with E-state index in [-0.39, 0.29) is 17.1 Å². The molecule has 1 aromatic rings. The number of carbonyl (C=O) groups is 1. The van der Waals surface area contributed by atoms with E-state index in [1.807, 2.05) is 0 Å². The molecule has 0 saturated carbocycles. The number of rotatable bonds is 5. The molecule has 0 aliphatic rings. The van der Waals surface area contributed by atoms with Gasteiger partial charge in [0.1, 0.15) is 10.6 Å². The number of nitrogens with one attached hydrogen (secondary N) is 1. The van der Waals surface area contributed by atoms with Gasteiger partial charge < -0.3 is 10.4 Å². The van der Waals surface area contributed by atoms with Crippen molar-refractivity contribution in [2.75, 3.05) is 6.54 Å². The lowest BCUT2D eigenvalue weighted by molar-refractivity contribution is -0.385. The number of halogens is 1. The number of aliphatic hydroxyl groups is 1. The highest BCUT2D eigenvalue weighted by atomic mass is 35.5. The van der Waals surface area contributed by atoms with E-state index in [1.54, 1.807) is 13.8 Å². The summed E-state index contributed by atoms with van der Waals surface area (Å²) in [6.45, 7) is 3.35. The Bertz CT molecular complexity index is 503. The maximum absolute atomic E-state index is 11.9. The SMILES string of the molecule is CCC(C)(O)CNC(=O)c1cccc(Cl)c1[N+](=O)[O-]. The van der Waals surface area contributed by atoms with Gasteiger partial charge in [-0.15, -0.1) is 0 Å². The van der Waals surface area contributed by atoms with Crippen LogP contribution < -0.4 is 5.32 Å². The summed E-state index contributed by atoms with van der Waals surface area (Å²) in [4.78, 5) is 22.1. The third-order valence-corrected chi connectivity index (χ3v) is 3.11. The molecule has 6 nitrogen and oxygen atoms in total. The zero-order valence-corrected chi connectivity index (χ0v) is 11.4. The van der Waals surface area contributed by atoms with Gasteiger partial charge in [0.05, 0.1) is 10.5 Å². The van der Waals surface area contributed by atoms with Gasteiger partial charge in [0.25, 0.3) is 5.91 Å². The zero-order chi connectivity index (χ0) is 14.6. The molecular formula is C12H15ClN2O4. The van der Waals surface area contributed by atoms with E-state index in [1.165, 1.54) is 18.2 Å². The largest absolute Gasteiger partial charge is 0.388 e. The second-order valence-electron chi connectivity index (χ2n) is 4.43. The molecule has 1 unspecified atom stereocenters. The van der Waals surface area contributed by atoms with Gasteiger partial charge in [-0.2, -0.15) is 0 Å². The molecule has 0 aromatic heterocycles. The predicted octanol–water partition coefficient (Wildman–Crippen LogP) is 2.14. The lowest BCUT2D eigenvalue weighted by Gasteiger charge is -2.21. The van der Waals surface area contributed by atoms with Crippen molar-refractivity contribution < 1.29 is 14.8 Å². The summed E-state index contributed by atoms with van der Waals surface area (Å²) >= 11 is 5.71. The average molecular weight is 287 g/mol. The Balaban J connectivity index is 2.95. The van der Waals surface area contributed by atoms with Crippen molar-refractivity contribution in [3.05, 3.63) is 38.9 Å². The average Bonchev–Trinajstić information content (AvgIpc) is 2.35. The maximum atomic E-state index is 11.9. The number of benzene rings is 1. The standard InChI is InChI=1S/C12H15ClN2O4/c1-3-12(2,17)7-14-11(16)8-5-4-6-9(13)10(8)15(18)19/h4-6,17H,3,7H2,1-2H3,(H,14,16). The molecule has 0 spiro atoms. The number of nitro benzene ring substituents is 1.